The number of para-hydroxylation sites is 1. The predicted octanol–water partition coefficient (Wildman–Crippen LogP) is 5.38. The van der Waals surface area contributed by atoms with Crippen LogP contribution in [0.4, 0.5) is 17.2 Å². The number of aromatic nitrogens is 1. The molecule has 1 aromatic carbocycles. The normalized spacial score (nSPS) is 25.3. The lowest BCUT2D eigenvalue weighted by molar-refractivity contribution is 0.0866. The lowest BCUT2D eigenvalue weighted by Crippen LogP contribution is -2.52. The number of benzene rings is 1. The van der Waals surface area contributed by atoms with Gasteiger partial charge in [-0.05, 0) is 43.7 Å². The van der Waals surface area contributed by atoms with Crippen molar-refractivity contribution in [1.29, 1.82) is 0 Å². The first-order valence-electron chi connectivity index (χ1n) is 12.4. The van der Waals surface area contributed by atoms with E-state index in [9.17, 15) is 4.79 Å². The highest BCUT2D eigenvalue weighted by Crippen LogP contribution is 2.44. The second-order valence-electron chi connectivity index (χ2n) is 9.97. The summed E-state index contributed by atoms with van der Waals surface area (Å²) in [5, 5.41) is 3.62. The van der Waals surface area contributed by atoms with E-state index < -0.39 is 0 Å². The summed E-state index contributed by atoms with van der Waals surface area (Å²) in [4.78, 5) is 22.8. The molecule has 4 aliphatic rings. The standard InChI is InChI=1S/C26H33N5O/c1-29-25(32)23-22(31-21-15-9-8-14-20(21)28-26(29)31)17-30(16-18-10-4-2-5-11-18)24(23)27-19-12-6-3-7-13-19/h3,6-7,12-13,17-18,20-21,27H,2,4-5,8-11,14-16H2,1H3/t20-,21+/m1/s1. The zero-order chi connectivity index (χ0) is 21.7. The maximum absolute atomic E-state index is 13.6. The van der Waals surface area contributed by atoms with Crippen LogP contribution in [0.3, 0.4) is 0 Å². The molecule has 32 heavy (non-hydrogen) atoms. The lowest BCUT2D eigenvalue weighted by Gasteiger charge is -2.37. The molecule has 1 aromatic heterocycles. The molecule has 168 valence electrons. The second kappa shape index (κ2) is 7.98. The van der Waals surface area contributed by atoms with E-state index in [4.69, 9.17) is 4.99 Å². The largest absolute Gasteiger partial charge is 0.341 e. The average Bonchev–Trinajstić information content (AvgIpc) is 3.38. The molecule has 6 rings (SSSR count). The maximum atomic E-state index is 13.6. The first-order valence-corrected chi connectivity index (χ1v) is 12.4. The molecule has 6 heteroatoms. The molecule has 3 heterocycles. The van der Waals surface area contributed by atoms with E-state index in [-0.39, 0.29) is 5.91 Å². The van der Waals surface area contributed by atoms with Gasteiger partial charge >= 0.3 is 0 Å². The van der Waals surface area contributed by atoms with E-state index in [0.717, 1.165) is 48.1 Å². The zero-order valence-corrected chi connectivity index (χ0v) is 19.0. The van der Waals surface area contributed by atoms with Gasteiger partial charge in [0, 0.05) is 25.5 Å². The number of carbonyl (C=O) groups is 1. The van der Waals surface area contributed by atoms with Crippen LogP contribution in [0.25, 0.3) is 0 Å². The number of hydrogen-bond donors (Lipinski definition) is 1. The van der Waals surface area contributed by atoms with Gasteiger partial charge in [-0.2, -0.15) is 0 Å². The number of anilines is 3. The van der Waals surface area contributed by atoms with Crippen LogP contribution in [-0.2, 0) is 6.54 Å². The van der Waals surface area contributed by atoms with Crippen molar-refractivity contribution < 1.29 is 4.79 Å². The van der Waals surface area contributed by atoms with Gasteiger partial charge in [-0.25, -0.2) is 4.99 Å². The second-order valence-corrected chi connectivity index (χ2v) is 9.97. The molecule has 0 unspecified atom stereocenters. The van der Waals surface area contributed by atoms with E-state index in [1.54, 1.807) is 4.90 Å². The van der Waals surface area contributed by atoms with Crippen molar-refractivity contribution in [3.05, 3.63) is 42.1 Å². The average molecular weight is 432 g/mol. The fraction of sp³-hybridized carbons (Fsp3) is 0.538. The Bertz CT molecular complexity index is 1040. The highest BCUT2D eigenvalue weighted by Gasteiger charge is 2.47. The van der Waals surface area contributed by atoms with Crippen LogP contribution in [0.15, 0.2) is 41.5 Å². The molecule has 0 saturated heterocycles. The Kier molecular flexibility index (Phi) is 4.96. The number of aliphatic imine (C=N–C) groups is 1. The minimum absolute atomic E-state index is 0.0504. The van der Waals surface area contributed by atoms with Crippen molar-refractivity contribution >= 4 is 29.1 Å². The van der Waals surface area contributed by atoms with Crippen molar-refractivity contribution in [2.24, 2.45) is 10.9 Å². The van der Waals surface area contributed by atoms with Crippen LogP contribution < -0.4 is 10.2 Å². The van der Waals surface area contributed by atoms with Crippen LogP contribution in [0.5, 0.6) is 0 Å². The third kappa shape index (κ3) is 3.23. The van der Waals surface area contributed by atoms with Crippen molar-refractivity contribution in [3.63, 3.8) is 0 Å². The Morgan fingerprint density at radius 3 is 2.56 bits per heavy atom. The molecule has 2 atom stereocenters. The number of rotatable bonds is 4. The van der Waals surface area contributed by atoms with Gasteiger partial charge in [-0.1, -0.05) is 50.3 Å². The third-order valence-corrected chi connectivity index (χ3v) is 7.87. The first kappa shape index (κ1) is 19.9. The summed E-state index contributed by atoms with van der Waals surface area (Å²) in [5.74, 6) is 2.51. The number of guanidine groups is 1. The van der Waals surface area contributed by atoms with Gasteiger partial charge in [0.25, 0.3) is 5.91 Å². The lowest BCUT2D eigenvalue weighted by atomic mass is 9.89. The Labute approximate surface area is 190 Å². The number of nitrogens with zero attached hydrogens (tertiary/aromatic N) is 4. The summed E-state index contributed by atoms with van der Waals surface area (Å²) in [5.41, 5.74) is 2.87. The monoisotopic (exact) mass is 431 g/mol. The summed E-state index contributed by atoms with van der Waals surface area (Å²) >= 11 is 0. The summed E-state index contributed by atoms with van der Waals surface area (Å²) < 4.78 is 2.33. The molecule has 6 nitrogen and oxygen atoms in total. The van der Waals surface area contributed by atoms with E-state index in [1.165, 1.54) is 44.9 Å². The summed E-state index contributed by atoms with van der Waals surface area (Å²) in [7, 11) is 1.89. The molecule has 2 saturated carbocycles. The predicted molar refractivity (Wildman–Crippen MR) is 129 cm³/mol. The number of fused-ring (bicyclic) bond motifs is 5. The molecule has 2 fully saturated rings. The molecule has 0 bridgehead atoms. The Balaban J connectivity index is 1.45. The number of nitrogens with one attached hydrogen (secondary N) is 1. The Morgan fingerprint density at radius 1 is 1.00 bits per heavy atom. The molecule has 1 amide bonds. The van der Waals surface area contributed by atoms with Crippen LogP contribution in [0.1, 0.15) is 68.1 Å². The van der Waals surface area contributed by atoms with Crippen molar-refractivity contribution in [2.45, 2.75) is 76.4 Å². The summed E-state index contributed by atoms with van der Waals surface area (Å²) in [6.07, 6.45) is 13.5. The summed E-state index contributed by atoms with van der Waals surface area (Å²) in [6, 6.07) is 10.9. The van der Waals surface area contributed by atoms with Crippen LogP contribution in [0, 0.1) is 5.92 Å². The van der Waals surface area contributed by atoms with E-state index in [1.807, 2.05) is 25.2 Å². The molecule has 0 radical (unpaired) electrons. The van der Waals surface area contributed by atoms with Crippen molar-refractivity contribution in [2.75, 3.05) is 17.3 Å². The fourth-order valence-electron chi connectivity index (χ4n) is 6.21. The van der Waals surface area contributed by atoms with E-state index in [2.05, 4.69) is 33.1 Å². The number of carbonyl (C=O) groups excluding carboxylic acids is 1. The molecular formula is C26H33N5O. The van der Waals surface area contributed by atoms with Gasteiger partial charge in [0.2, 0.25) is 5.96 Å². The Hall–Kier alpha value is -2.76. The van der Waals surface area contributed by atoms with E-state index in [0.29, 0.717) is 18.0 Å². The molecule has 2 aliphatic heterocycles. The van der Waals surface area contributed by atoms with Crippen LogP contribution in [-0.4, -0.2) is 40.5 Å². The molecule has 1 N–H and O–H groups in total. The third-order valence-electron chi connectivity index (χ3n) is 7.87. The SMILES string of the molecule is CN1C(=O)c2c(cn(CC3CCCCC3)c2Nc2ccccc2)N2C1=N[C@@H]1CCCC[C@@H]12. The highest BCUT2D eigenvalue weighted by molar-refractivity contribution is 6.21. The topological polar surface area (TPSA) is 52.9 Å². The highest BCUT2D eigenvalue weighted by atomic mass is 16.2. The van der Waals surface area contributed by atoms with Crippen molar-refractivity contribution in [1.82, 2.24) is 9.47 Å². The fourth-order valence-corrected chi connectivity index (χ4v) is 6.21. The van der Waals surface area contributed by atoms with Crippen LogP contribution in [0.2, 0.25) is 0 Å². The summed E-state index contributed by atoms with van der Waals surface area (Å²) in [6.45, 7) is 0.966. The number of amides is 1. The van der Waals surface area contributed by atoms with Gasteiger partial charge in [0.05, 0.1) is 17.8 Å². The number of hydrogen-bond acceptors (Lipinski definition) is 4. The Morgan fingerprint density at radius 2 is 1.75 bits per heavy atom. The minimum Gasteiger partial charge on any atom is -0.341 e. The first-order chi connectivity index (χ1) is 15.7. The minimum atomic E-state index is 0.0504. The maximum Gasteiger partial charge on any atom is 0.266 e. The van der Waals surface area contributed by atoms with Gasteiger partial charge in [0.1, 0.15) is 11.4 Å². The van der Waals surface area contributed by atoms with Gasteiger partial charge in [0.15, 0.2) is 0 Å². The van der Waals surface area contributed by atoms with Crippen molar-refractivity contribution in [3.8, 4) is 0 Å². The van der Waals surface area contributed by atoms with Gasteiger partial charge in [-0.3, -0.25) is 9.69 Å². The molecular weight excluding hydrogens is 398 g/mol. The van der Waals surface area contributed by atoms with E-state index >= 15 is 0 Å². The quantitative estimate of drug-likeness (QED) is 0.707. The van der Waals surface area contributed by atoms with Gasteiger partial charge < -0.3 is 14.8 Å². The van der Waals surface area contributed by atoms with Crippen LogP contribution >= 0.6 is 0 Å². The van der Waals surface area contributed by atoms with Gasteiger partial charge in [-0.15, -0.1) is 0 Å². The molecule has 0 spiro atoms. The smallest absolute Gasteiger partial charge is 0.266 e. The molecule has 2 aromatic rings. The molecule has 2 aliphatic carbocycles. The zero-order valence-electron chi connectivity index (χ0n) is 19.0.